The SMILES string of the molecule is CC(C)c1ccc(C(CN)C(O)c2cccc(Br)c2)cc1. The molecule has 0 radical (unpaired) electrons. The van der Waals surface area contributed by atoms with Gasteiger partial charge in [0.05, 0.1) is 6.10 Å². The van der Waals surface area contributed by atoms with Crippen molar-refractivity contribution in [3.63, 3.8) is 0 Å². The number of hydrogen-bond donors (Lipinski definition) is 2. The number of benzene rings is 2. The highest BCUT2D eigenvalue weighted by Gasteiger charge is 2.21. The number of halogens is 1. The van der Waals surface area contributed by atoms with Crippen molar-refractivity contribution < 1.29 is 5.11 Å². The lowest BCUT2D eigenvalue weighted by Gasteiger charge is -2.23. The fourth-order valence-electron chi connectivity index (χ4n) is 2.50. The van der Waals surface area contributed by atoms with Gasteiger partial charge in [-0.2, -0.15) is 0 Å². The molecule has 2 nitrogen and oxygen atoms in total. The van der Waals surface area contributed by atoms with Gasteiger partial charge in [0, 0.05) is 16.9 Å². The van der Waals surface area contributed by atoms with E-state index in [9.17, 15) is 5.11 Å². The molecule has 0 aromatic heterocycles. The van der Waals surface area contributed by atoms with Crippen molar-refractivity contribution in [3.8, 4) is 0 Å². The van der Waals surface area contributed by atoms with Crippen molar-refractivity contribution in [1.82, 2.24) is 0 Å². The number of rotatable bonds is 5. The summed E-state index contributed by atoms with van der Waals surface area (Å²) < 4.78 is 0.963. The predicted octanol–water partition coefficient (Wildman–Crippen LogP) is 4.35. The average molecular weight is 348 g/mol. The standard InChI is InChI=1S/C18H22BrNO/c1-12(2)13-6-8-14(9-7-13)17(11-20)18(21)15-4-3-5-16(19)10-15/h3-10,12,17-18,21H,11,20H2,1-2H3. The van der Waals surface area contributed by atoms with Crippen LogP contribution in [-0.4, -0.2) is 11.7 Å². The number of hydrogen-bond acceptors (Lipinski definition) is 2. The van der Waals surface area contributed by atoms with Gasteiger partial charge in [0.2, 0.25) is 0 Å². The molecule has 21 heavy (non-hydrogen) atoms. The zero-order chi connectivity index (χ0) is 15.4. The van der Waals surface area contributed by atoms with E-state index in [1.54, 1.807) is 0 Å². The summed E-state index contributed by atoms with van der Waals surface area (Å²) in [5.74, 6) is 0.408. The second-order valence-corrected chi connectivity index (χ2v) is 6.58. The van der Waals surface area contributed by atoms with Crippen LogP contribution >= 0.6 is 15.9 Å². The molecule has 112 valence electrons. The molecule has 2 aromatic carbocycles. The van der Waals surface area contributed by atoms with Crippen LogP contribution in [0.3, 0.4) is 0 Å². The largest absolute Gasteiger partial charge is 0.388 e. The van der Waals surface area contributed by atoms with E-state index in [0.717, 1.165) is 15.6 Å². The van der Waals surface area contributed by atoms with Crippen LogP contribution < -0.4 is 5.73 Å². The fourth-order valence-corrected chi connectivity index (χ4v) is 2.92. The summed E-state index contributed by atoms with van der Waals surface area (Å²) in [6.07, 6.45) is -0.600. The van der Waals surface area contributed by atoms with Gasteiger partial charge in [-0.05, 0) is 34.7 Å². The Morgan fingerprint density at radius 1 is 1.00 bits per heavy atom. The van der Waals surface area contributed by atoms with E-state index in [1.165, 1.54) is 5.56 Å². The van der Waals surface area contributed by atoms with E-state index in [0.29, 0.717) is 12.5 Å². The van der Waals surface area contributed by atoms with Crippen LogP contribution in [0.25, 0.3) is 0 Å². The van der Waals surface area contributed by atoms with Crippen molar-refractivity contribution >= 4 is 15.9 Å². The molecule has 2 aromatic rings. The van der Waals surface area contributed by atoms with Gasteiger partial charge in [0.25, 0.3) is 0 Å². The van der Waals surface area contributed by atoms with Gasteiger partial charge in [0.1, 0.15) is 0 Å². The molecule has 3 N–H and O–H groups in total. The van der Waals surface area contributed by atoms with E-state index < -0.39 is 6.10 Å². The summed E-state index contributed by atoms with van der Waals surface area (Å²) >= 11 is 3.44. The zero-order valence-corrected chi connectivity index (χ0v) is 14.0. The second kappa shape index (κ2) is 7.21. The average Bonchev–Trinajstić information content (AvgIpc) is 2.48. The Bertz CT molecular complexity index is 580. The zero-order valence-electron chi connectivity index (χ0n) is 12.5. The molecule has 2 rings (SSSR count). The van der Waals surface area contributed by atoms with Crippen LogP contribution in [0.5, 0.6) is 0 Å². The third-order valence-electron chi connectivity index (χ3n) is 3.86. The van der Waals surface area contributed by atoms with Gasteiger partial charge in [-0.15, -0.1) is 0 Å². The summed E-state index contributed by atoms with van der Waals surface area (Å²) in [6.45, 7) is 4.76. The Hall–Kier alpha value is -1.16. The summed E-state index contributed by atoms with van der Waals surface area (Å²) in [5, 5.41) is 10.6. The van der Waals surface area contributed by atoms with E-state index in [1.807, 2.05) is 24.3 Å². The van der Waals surface area contributed by atoms with Crippen LogP contribution in [0.2, 0.25) is 0 Å². The first-order chi connectivity index (χ1) is 10.0. The Labute approximate surface area is 135 Å². The Morgan fingerprint density at radius 3 is 2.14 bits per heavy atom. The third-order valence-corrected chi connectivity index (χ3v) is 4.35. The van der Waals surface area contributed by atoms with Gasteiger partial charge in [-0.25, -0.2) is 0 Å². The summed E-state index contributed by atoms with van der Waals surface area (Å²) in [6, 6.07) is 16.1. The molecule has 0 saturated carbocycles. The molecule has 0 bridgehead atoms. The summed E-state index contributed by atoms with van der Waals surface area (Å²) in [4.78, 5) is 0. The van der Waals surface area contributed by atoms with E-state index in [-0.39, 0.29) is 5.92 Å². The van der Waals surface area contributed by atoms with Gasteiger partial charge in [-0.1, -0.05) is 66.2 Å². The van der Waals surface area contributed by atoms with E-state index in [4.69, 9.17) is 5.73 Å². The Balaban J connectivity index is 2.26. The van der Waals surface area contributed by atoms with Crippen molar-refractivity contribution in [2.24, 2.45) is 5.73 Å². The van der Waals surface area contributed by atoms with Crippen LogP contribution in [0, 0.1) is 0 Å². The van der Waals surface area contributed by atoms with Crippen molar-refractivity contribution in [2.45, 2.75) is 31.8 Å². The Morgan fingerprint density at radius 2 is 1.62 bits per heavy atom. The number of nitrogens with two attached hydrogens (primary N) is 1. The molecule has 3 heteroatoms. The maximum absolute atomic E-state index is 10.6. The monoisotopic (exact) mass is 347 g/mol. The molecular weight excluding hydrogens is 326 g/mol. The molecule has 0 aliphatic carbocycles. The molecule has 0 saturated heterocycles. The maximum atomic E-state index is 10.6. The first-order valence-corrected chi connectivity index (χ1v) is 8.05. The summed E-state index contributed by atoms with van der Waals surface area (Å²) in [7, 11) is 0. The molecule has 2 unspecified atom stereocenters. The number of aliphatic hydroxyl groups is 1. The van der Waals surface area contributed by atoms with Crippen molar-refractivity contribution in [1.29, 1.82) is 0 Å². The predicted molar refractivity (Wildman–Crippen MR) is 91.4 cm³/mol. The lowest BCUT2D eigenvalue weighted by Crippen LogP contribution is -2.20. The van der Waals surface area contributed by atoms with Crippen LogP contribution in [0.4, 0.5) is 0 Å². The van der Waals surface area contributed by atoms with Crippen LogP contribution in [-0.2, 0) is 0 Å². The van der Waals surface area contributed by atoms with Gasteiger partial charge < -0.3 is 10.8 Å². The molecular formula is C18H22BrNO. The second-order valence-electron chi connectivity index (χ2n) is 5.66. The fraction of sp³-hybridized carbons (Fsp3) is 0.333. The van der Waals surface area contributed by atoms with Crippen molar-refractivity contribution in [3.05, 3.63) is 69.7 Å². The molecule has 0 heterocycles. The molecule has 2 atom stereocenters. The molecule has 0 spiro atoms. The highest BCUT2D eigenvalue weighted by molar-refractivity contribution is 9.10. The minimum atomic E-state index is -0.600. The van der Waals surface area contributed by atoms with Crippen LogP contribution in [0.1, 0.15) is 48.5 Å². The Kier molecular flexibility index (Phi) is 5.57. The lowest BCUT2D eigenvalue weighted by atomic mass is 9.88. The molecule has 0 fully saturated rings. The van der Waals surface area contributed by atoms with Crippen LogP contribution in [0.15, 0.2) is 53.0 Å². The summed E-state index contributed by atoms with van der Waals surface area (Å²) in [5.41, 5.74) is 9.17. The van der Waals surface area contributed by atoms with Gasteiger partial charge >= 0.3 is 0 Å². The first kappa shape index (κ1) is 16.2. The maximum Gasteiger partial charge on any atom is 0.0871 e. The topological polar surface area (TPSA) is 46.2 Å². The molecule has 0 aliphatic rings. The highest BCUT2D eigenvalue weighted by atomic mass is 79.9. The third kappa shape index (κ3) is 3.94. The van der Waals surface area contributed by atoms with Crippen molar-refractivity contribution in [2.75, 3.05) is 6.54 Å². The minimum Gasteiger partial charge on any atom is -0.388 e. The number of aliphatic hydroxyl groups excluding tert-OH is 1. The minimum absolute atomic E-state index is 0.0967. The molecule has 0 amide bonds. The normalized spacial score (nSPS) is 14.2. The van der Waals surface area contributed by atoms with Gasteiger partial charge in [-0.3, -0.25) is 0 Å². The van der Waals surface area contributed by atoms with Gasteiger partial charge in [0.15, 0.2) is 0 Å². The smallest absolute Gasteiger partial charge is 0.0871 e. The quantitative estimate of drug-likeness (QED) is 0.844. The lowest BCUT2D eigenvalue weighted by molar-refractivity contribution is 0.147. The molecule has 0 aliphatic heterocycles. The first-order valence-electron chi connectivity index (χ1n) is 7.26. The highest BCUT2D eigenvalue weighted by Crippen LogP contribution is 2.32. The van der Waals surface area contributed by atoms with E-state index >= 15 is 0 Å². The van der Waals surface area contributed by atoms with E-state index in [2.05, 4.69) is 54.0 Å².